The van der Waals surface area contributed by atoms with Crippen molar-refractivity contribution in [1.29, 1.82) is 0 Å². The molecule has 0 nitrogen and oxygen atoms in total. The molecule has 2 aromatic carbocycles. The number of rotatable bonds is 7. The van der Waals surface area contributed by atoms with E-state index >= 15 is 0 Å². The van der Waals surface area contributed by atoms with Gasteiger partial charge in [-0.3, -0.25) is 0 Å². The molecule has 0 radical (unpaired) electrons. The van der Waals surface area contributed by atoms with E-state index in [-0.39, 0.29) is 7.92 Å². The average Bonchev–Trinajstić information content (AvgIpc) is 3.24. The van der Waals surface area contributed by atoms with Gasteiger partial charge in [-0.05, 0) is 97.7 Å². The minimum atomic E-state index is -0.289. The molecule has 4 unspecified atom stereocenters. The van der Waals surface area contributed by atoms with Crippen LogP contribution in [0, 0.1) is 47.3 Å². The molecule has 3 aliphatic carbocycles. The Balaban J connectivity index is 1.36. The van der Waals surface area contributed by atoms with Crippen molar-refractivity contribution in [2.45, 2.75) is 52.9 Å². The molecule has 0 aliphatic heterocycles. The first kappa shape index (κ1) is 24.1. The summed E-state index contributed by atoms with van der Waals surface area (Å²) in [6.07, 6.45) is 18.4. The van der Waals surface area contributed by atoms with Crippen LogP contribution in [0.15, 0.2) is 85.0 Å². The molecule has 0 amide bonds. The van der Waals surface area contributed by atoms with Gasteiger partial charge in [-0.1, -0.05) is 112 Å². The van der Waals surface area contributed by atoms with E-state index in [2.05, 4.69) is 106 Å². The van der Waals surface area contributed by atoms with Gasteiger partial charge in [0.15, 0.2) is 0 Å². The monoisotopic (exact) mass is 470 g/mol. The van der Waals surface area contributed by atoms with Crippen LogP contribution in [0.3, 0.4) is 0 Å². The lowest BCUT2D eigenvalue weighted by Gasteiger charge is -2.42. The summed E-state index contributed by atoms with van der Waals surface area (Å²) in [5.41, 5.74) is 0. The van der Waals surface area contributed by atoms with Crippen LogP contribution in [-0.4, -0.2) is 6.16 Å². The first-order chi connectivity index (χ1) is 16.6. The van der Waals surface area contributed by atoms with Crippen molar-refractivity contribution < 1.29 is 0 Å². The molecule has 2 saturated carbocycles. The topological polar surface area (TPSA) is 0 Å². The van der Waals surface area contributed by atoms with Gasteiger partial charge in [-0.25, -0.2) is 0 Å². The van der Waals surface area contributed by atoms with Crippen LogP contribution in [0.1, 0.15) is 52.9 Å². The molecule has 34 heavy (non-hydrogen) atoms. The van der Waals surface area contributed by atoms with Crippen LogP contribution in [0.2, 0.25) is 0 Å². The molecule has 180 valence electrons. The normalized spacial score (nSPS) is 32.9. The summed E-state index contributed by atoms with van der Waals surface area (Å²) >= 11 is 0. The number of hydrogen-bond donors (Lipinski definition) is 0. The Morgan fingerprint density at radius 2 is 1.38 bits per heavy atom. The van der Waals surface area contributed by atoms with Crippen LogP contribution >= 0.6 is 7.92 Å². The fraction of sp³-hybridized carbons (Fsp3) is 0.515. The molecule has 0 N–H and O–H groups in total. The summed E-state index contributed by atoms with van der Waals surface area (Å²) in [5, 5.41) is 3.07. The Hall–Kier alpha value is -1.65. The molecule has 3 aliphatic rings. The van der Waals surface area contributed by atoms with Crippen molar-refractivity contribution in [2.75, 3.05) is 6.16 Å². The maximum absolute atomic E-state index is 2.60. The third-order valence-electron chi connectivity index (χ3n) is 9.32. The molecule has 0 saturated heterocycles. The van der Waals surface area contributed by atoms with Gasteiger partial charge in [-0.2, -0.15) is 0 Å². The number of hydrogen-bond acceptors (Lipinski definition) is 0. The fourth-order valence-electron chi connectivity index (χ4n) is 7.66. The predicted octanol–water partition coefficient (Wildman–Crippen LogP) is 8.21. The highest BCUT2D eigenvalue weighted by Gasteiger charge is 2.47. The van der Waals surface area contributed by atoms with Gasteiger partial charge < -0.3 is 0 Å². The van der Waals surface area contributed by atoms with Crippen LogP contribution in [0.25, 0.3) is 0 Å². The van der Waals surface area contributed by atoms with Gasteiger partial charge in [0.2, 0.25) is 0 Å². The summed E-state index contributed by atoms with van der Waals surface area (Å²) in [5.74, 6) is 6.80. The third-order valence-corrected chi connectivity index (χ3v) is 11.9. The molecule has 0 spiro atoms. The number of allylic oxidation sites excluding steroid dienone is 4. The summed E-state index contributed by atoms with van der Waals surface area (Å²) in [6, 6.07) is 22.6. The van der Waals surface area contributed by atoms with E-state index in [4.69, 9.17) is 0 Å². The summed E-state index contributed by atoms with van der Waals surface area (Å²) in [6.45, 7) is 7.49. The van der Waals surface area contributed by atoms with Crippen LogP contribution in [0.4, 0.5) is 0 Å². The second kappa shape index (κ2) is 11.0. The first-order valence-electron chi connectivity index (χ1n) is 13.8. The van der Waals surface area contributed by atoms with Gasteiger partial charge in [0, 0.05) is 0 Å². The highest BCUT2D eigenvalue weighted by molar-refractivity contribution is 7.73. The SMILES string of the molecule is CC(C)[C@H]1CC[C@@H](C)C[C@H]1C1CC(CCP(c2ccccc2)c2ccccc2)C2C=CC=CC21. The van der Waals surface area contributed by atoms with Crippen molar-refractivity contribution in [3.8, 4) is 0 Å². The van der Waals surface area contributed by atoms with Gasteiger partial charge >= 0.3 is 0 Å². The third kappa shape index (κ3) is 5.14. The molecule has 2 aromatic rings. The Morgan fingerprint density at radius 3 is 2.00 bits per heavy atom. The lowest BCUT2D eigenvalue weighted by Crippen LogP contribution is -2.35. The van der Waals surface area contributed by atoms with Crippen molar-refractivity contribution in [1.82, 2.24) is 0 Å². The molecule has 0 heterocycles. The highest BCUT2D eigenvalue weighted by atomic mass is 31.1. The van der Waals surface area contributed by atoms with Crippen LogP contribution in [0.5, 0.6) is 0 Å². The maximum atomic E-state index is 2.60. The molecule has 0 aromatic heterocycles. The van der Waals surface area contributed by atoms with Crippen molar-refractivity contribution in [3.63, 3.8) is 0 Å². The minimum absolute atomic E-state index is 0.289. The first-order valence-corrected chi connectivity index (χ1v) is 15.4. The molecular formula is C33H43P. The predicted molar refractivity (Wildman–Crippen MR) is 150 cm³/mol. The minimum Gasteiger partial charge on any atom is -0.0806 e. The quantitative estimate of drug-likeness (QED) is 0.358. The molecule has 0 bridgehead atoms. The van der Waals surface area contributed by atoms with E-state index in [1.165, 1.54) is 48.9 Å². The summed E-state index contributed by atoms with van der Waals surface area (Å²) < 4.78 is 0. The molecule has 7 atom stereocenters. The molecular weight excluding hydrogens is 427 g/mol. The lowest BCUT2D eigenvalue weighted by molar-refractivity contribution is 0.0787. The standard InChI is InChI=1S/C33H43P/c1-24(2)29-19-18-25(3)22-32(29)33-23-26(30-16-10-11-17-31(30)33)20-21-34(27-12-6-4-7-13-27)28-14-8-5-9-15-28/h4-17,24-26,29-33H,18-23H2,1-3H3/t25-,26?,29-,30?,31?,32-,33?/m1/s1. The Labute approximate surface area is 209 Å². The van der Waals surface area contributed by atoms with Crippen LogP contribution in [-0.2, 0) is 0 Å². The van der Waals surface area contributed by atoms with Gasteiger partial charge in [0.1, 0.15) is 0 Å². The maximum Gasteiger partial charge on any atom is -0.0133 e. The highest BCUT2D eigenvalue weighted by Crippen LogP contribution is 2.55. The van der Waals surface area contributed by atoms with E-state index in [1.807, 2.05) is 0 Å². The zero-order chi connectivity index (χ0) is 23.5. The average molecular weight is 471 g/mol. The lowest BCUT2D eigenvalue weighted by atomic mass is 9.63. The summed E-state index contributed by atoms with van der Waals surface area (Å²) in [4.78, 5) is 0. The van der Waals surface area contributed by atoms with E-state index in [0.717, 1.165) is 47.3 Å². The zero-order valence-corrected chi connectivity index (χ0v) is 22.3. The summed E-state index contributed by atoms with van der Waals surface area (Å²) in [7, 11) is -0.289. The van der Waals surface area contributed by atoms with Crippen molar-refractivity contribution in [2.24, 2.45) is 47.3 Å². The largest absolute Gasteiger partial charge is 0.0806 e. The second-order valence-corrected chi connectivity index (χ2v) is 14.0. The van der Waals surface area contributed by atoms with Crippen LogP contribution < -0.4 is 10.6 Å². The zero-order valence-electron chi connectivity index (χ0n) is 21.4. The van der Waals surface area contributed by atoms with Crippen molar-refractivity contribution >= 4 is 18.5 Å². The van der Waals surface area contributed by atoms with Gasteiger partial charge in [0.05, 0.1) is 0 Å². The second-order valence-electron chi connectivity index (χ2n) is 11.7. The smallest absolute Gasteiger partial charge is 0.0133 e. The van der Waals surface area contributed by atoms with E-state index in [1.54, 1.807) is 0 Å². The van der Waals surface area contributed by atoms with Crippen molar-refractivity contribution in [3.05, 3.63) is 85.0 Å². The van der Waals surface area contributed by atoms with Gasteiger partial charge in [-0.15, -0.1) is 0 Å². The number of fused-ring (bicyclic) bond motifs is 1. The number of benzene rings is 2. The van der Waals surface area contributed by atoms with E-state index in [9.17, 15) is 0 Å². The van der Waals surface area contributed by atoms with E-state index in [0.29, 0.717) is 0 Å². The Kier molecular flexibility index (Phi) is 7.75. The molecule has 2 fully saturated rings. The fourth-order valence-corrected chi connectivity index (χ4v) is 10.1. The molecule has 5 rings (SSSR count). The Morgan fingerprint density at radius 1 is 0.765 bits per heavy atom. The molecule has 1 heteroatoms. The van der Waals surface area contributed by atoms with Gasteiger partial charge in [0.25, 0.3) is 0 Å². The van der Waals surface area contributed by atoms with E-state index < -0.39 is 0 Å². The Bertz CT molecular complexity index is 919.